The molecule has 142 valence electrons. The van der Waals surface area contributed by atoms with Crippen LogP contribution in [0.1, 0.15) is 26.3 Å². The van der Waals surface area contributed by atoms with Gasteiger partial charge in [-0.3, -0.25) is 4.57 Å². The summed E-state index contributed by atoms with van der Waals surface area (Å²) in [7, 11) is 0. The van der Waals surface area contributed by atoms with Gasteiger partial charge < -0.3 is 9.84 Å². The summed E-state index contributed by atoms with van der Waals surface area (Å²) < 4.78 is 7.81. The maximum absolute atomic E-state index is 10.4. The summed E-state index contributed by atoms with van der Waals surface area (Å²) in [5, 5.41) is 19.2. The largest absolute Gasteiger partial charge is 0.491 e. The molecule has 0 amide bonds. The van der Waals surface area contributed by atoms with E-state index in [9.17, 15) is 5.11 Å². The van der Waals surface area contributed by atoms with Crippen molar-refractivity contribution in [1.29, 1.82) is 0 Å². The minimum Gasteiger partial charge on any atom is -0.491 e. The number of thioether (sulfide) groups is 1. The average Bonchev–Trinajstić information content (AvgIpc) is 3.13. The average molecular weight is 384 g/mol. The van der Waals surface area contributed by atoms with Gasteiger partial charge in [0.15, 0.2) is 5.16 Å². The van der Waals surface area contributed by atoms with E-state index in [0.717, 1.165) is 22.2 Å². The molecule has 1 unspecified atom stereocenters. The van der Waals surface area contributed by atoms with Gasteiger partial charge in [0.25, 0.3) is 0 Å². The first kappa shape index (κ1) is 19.5. The molecule has 0 aliphatic rings. The molecule has 1 N–H and O–H groups in total. The van der Waals surface area contributed by atoms with E-state index in [1.807, 2.05) is 53.1 Å². The highest BCUT2D eigenvalue weighted by molar-refractivity contribution is 7.99. The Balaban J connectivity index is 1.58. The van der Waals surface area contributed by atoms with Crippen molar-refractivity contribution in [2.75, 3.05) is 12.4 Å². The van der Waals surface area contributed by atoms with Crippen LogP contribution >= 0.6 is 11.8 Å². The minimum atomic E-state index is -0.607. The van der Waals surface area contributed by atoms with E-state index in [1.165, 1.54) is 11.8 Å². The van der Waals surface area contributed by atoms with Gasteiger partial charge in [-0.2, -0.15) is 0 Å². The molecule has 1 atom stereocenters. The first-order chi connectivity index (χ1) is 12.9. The molecule has 2 aromatic carbocycles. The van der Waals surface area contributed by atoms with Gasteiger partial charge >= 0.3 is 0 Å². The third-order valence-electron chi connectivity index (χ3n) is 4.08. The number of benzene rings is 2. The summed E-state index contributed by atoms with van der Waals surface area (Å²) in [5.74, 6) is 1.30. The van der Waals surface area contributed by atoms with Crippen LogP contribution in [0.3, 0.4) is 0 Å². The van der Waals surface area contributed by atoms with Crippen LogP contribution in [0.4, 0.5) is 0 Å². The zero-order valence-electron chi connectivity index (χ0n) is 15.9. The molecule has 5 nitrogen and oxygen atoms in total. The Morgan fingerprint density at radius 3 is 2.52 bits per heavy atom. The van der Waals surface area contributed by atoms with Crippen LogP contribution in [0.2, 0.25) is 0 Å². The number of nitrogens with zero attached hydrogens (tertiary/aromatic N) is 3. The van der Waals surface area contributed by atoms with Crippen molar-refractivity contribution in [1.82, 2.24) is 14.8 Å². The van der Waals surface area contributed by atoms with Crippen LogP contribution in [0, 0.1) is 0 Å². The van der Waals surface area contributed by atoms with Gasteiger partial charge in [-0.25, -0.2) is 0 Å². The highest BCUT2D eigenvalue weighted by Crippen LogP contribution is 2.31. The van der Waals surface area contributed by atoms with Crippen LogP contribution in [-0.2, 0) is 5.41 Å². The fourth-order valence-corrected chi connectivity index (χ4v) is 3.54. The lowest BCUT2D eigenvalue weighted by Gasteiger charge is -2.23. The third kappa shape index (κ3) is 5.11. The van der Waals surface area contributed by atoms with Crippen molar-refractivity contribution in [2.24, 2.45) is 0 Å². The second-order valence-electron chi connectivity index (χ2n) is 7.34. The Hall–Kier alpha value is -2.31. The quantitative estimate of drug-likeness (QED) is 0.623. The van der Waals surface area contributed by atoms with Gasteiger partial charge in [-0.05, 0) is 29.2 Å². The Morgan fingerprint density at radius 1 is 1.07 bits per heavy atom. The monoisotopic (exact) mass is 383 g/mol. The zero-order valence-corrected chi connectivity index (χ0v) is 16.7. The minimum absolute atomic E-state index is 0.0115. The van der Waals surface area contributed by atoms with Crippen molar-refractivity contribution in [2.45, 2.75) is 37.4 Å². The molecule has 6 heteroatoms. The Bertz CT molecular complexity index is 859. The smallest absolute Gasteiger partial charge is 0.195 e. The fraction of sp³-hybridized carbons (Fsp3) is 0.333. The number of aliphatic hydroxyl groups is 1. The van der Waals surface area contributed by atoms with Crippen molar-refractivity contribution >= 4 is 11.8 Å². The van der Waals surface area contributed by atoms with Crippen LogP contribution < -0.4 is 4.74 Å². The topological polar surface area (TPSA) is 60.2 Å². The van der Waals surface area contributed by atoms with Crippen molar-refractivity contribution in [3.8, 4) is 11.4 Å². The zero-order chi connectivity index (χ0) is 19.3. The first-order valence-electron chi connectivity index (χ1n) is 8.94. The van der Waals surface area contributed by atoms with Gasteiger partial charge in [0.1, 0.15) is 18.7 Å². The number of hydrogen-bond donors (Lipinski definition) is 1. The van der Waals surface area contributed by atoms with E-state index in [1.54, 1.807) is 6.33 Å². The van der Waals surface area contributed by atoms with Crippen LogP contribution in [0.5, 0.6) is 5.75 Å². The molecule has 0 aliphatic carbocycles. The molecule has 0 spiro atoms. The molecular weight excluding hydrogens is 358 g/mol. The van der Waals surface area contributed by atoms with E-state index >= 15 is 0 Å². The van der Waals surface area contributed by atoms with Gasteiger partial charge in [0.05, 0.1) is 6.10 Å². The lowest BCUT2D eigenvalue weighted by molar-refractivity contribution is 0.125. The molecule has 27 heavy (non-hydrogen) atoms. The Labute approximate surface area is 164 Å². The van der Waals surface area contributed by atoms with Gasteiger partial charge in [0, 0.05) is 11.4 Å². The number of rotatable bonds is 7. The molecule has 0 fully saturated rings. The number of hydrogen-bond acceptors (Lipinski definition) is 5. The SMILES string of the molecule is CC(C)(C)c1ccccc1OCC(O)CSc1nncn1-c1ccccc1. The predicted molar refractivity (Wildman–Crippen MR) is 109 cm³/mol. The standard InChI is InChI=1S/C21H25N3O2S/c1-21(2,3)18-11-7-8-12-19(18)26-13-17(25)14-27-20-23-22-15-24(20)16-9-5-4-6-10-16/h4-12,15,17,25H,13-14H2,1-3H3. The summed E-state index contributed by atoms with van der Waals surface area (Å²) in [6.07, 6.45) is 1.07. The molecule has 3 aromatic rings. The number of para-hydroxylation sites is 2. The van der Waals surface area contributed by atoms with Crippen LogP contribution in [0.15, 0.2) is 66.1 Å². The maximum Gasteiger partial charge on any atom is 0.195 e. The van der Waals surface area contributed by atoms with Crippen molar-refractivity contribution in [3.63, 3.8) is 0 Å². The van der Waals surface area contributed by atoms with Crippen LogP contribution in [0.25, 0.3) is 5.69 Å². The third-order valence-corrected chi connectivity index (χ3v) is 5.17. The molecule has 3 rings (SSSR count). The number of ether oxygens (including phenoxy) is 1. The van der Waals surface area contributed by atoms with E-state index in [4.69, 9.17) is 4.74 Å². The predicted octanol–water partition coefficient (Wildman–Crippen LogP) is 4.10. The molecule has 1 heterocycles. The maximum atomic E-state index is 10.4. The van der Waals surface area contributed by atoms with Gasteiger partial charge in [0.2, 0.25) is 0 Å². The van der Waals surface area contributed by atoms with E-state index in [2.05, 4.69) is 37.0 Å². The number of aromatic nitrogens is 3. The molecule has 0 saturated heterocycles. The van der Waals surface area contributed by atoms with Crippen molar-refractivity contribution < 1.29 is 9.84 Å². The first-order valence-corrected chi connectivity index (χ1v) is 9.92. The summed E-state index contributed by atoms with van der Waals surface area (Å²) >= 11 is 1.46. The fourth-order valence-electron chi connectivity index (χ4n) is 2.71. The number of aliphatic hydroxyl groups excluding tert-OH is 1. The lowest BCUT2D eigenvalue weighted by atomic mass is 9.86. The molecule has 0 saturated carbocycles. The van der Waals surface area contributed by atoms with Crippen molar-refractivity contribution in [3.05, 3.63) is 66.5 Å². The molecule has 0 radical (unpaired) electrons. The normalized spacial score (nSPS) is 12.7. The van der Waals surface area contributed by atoms with E-state index in [0.29, 0.717) is 5.75 Å². The summed E-state index contributed by atoms with van der Waals surface area (Å²) in [6.45, 7) is 6.69. The van der Waals surface area contributed by atoms with E-state index < -0.39 is 6.10 Å². The second kappa shape index (κ2) is 8.59. The summed E-state index contributed by atoms with van der Waals surface area (Å²) in [6, 6.07) is 17.9. The second-order valence-corrected chi connectivity index (χ2v) is 8.33. The van der Waals surface area contributed by atoms with E-state index in [-0.39, 0.29) is 12.0 Å². The molecular formula is C21H25N3O2S. The summed E-state index contributed by atoms with van der Waals surface area (Å²) in [4.78, 5) is 0. The Kier molecular flexibility index (Phi) is 6.19. The molecule has 0 bridgehead atoms. The summed E-state index contributed by atoms with van der Waals surface area (Å²) in [5.41, 5.74) is 2.12. The lowest BCUT2D eigenvalue weighted by Crippen LogP contribution is -2.22. The highest BCUT2D eigenvalue weighted by atomic mass is 32.2. The van der Waals surface area contributed by atoms with Gasteiger partial charge in [-0.15, -0.1) is 10.2 Å². The molecule has 0 aliphatic heterocycles. The van der Waals surface area contributed by atoms with Gasteiger partial charge in [-0.1, -0.05) is 68.9 Å². The highest BCUT2D eigenvalue weighted by Gasteiger charge is 2.19. The van der Waals surface area contributed by atoms with Crippen LogP contribution in [-0.4, -0.2) is 38.3 Å². The Morgan fingerprint density at radius 2 is 1.78 bits per heavy atom. The molecule has 1 aromatic heterocycles.